The van der Waals surface area contributed by atoms with Crippen molar-refractivity contribution in [1.82, 2.24) is 9.36 Å². The van der Waals surface area contributed by atoms with E-state index in [9.17, 15) is 0 Å². The lowest BCUT2D eigenvalue weighted by molar-refractivity contribution is 0.569. The van der Waals surface area contributed by atoms with Crippen LogP contribution in [0.1, 0.15) is 38.4 Å². The zero-order valence-electron chi connectivity index (χ0n) is 10.2. The van der Waals surface area contributed by atoms with E-state index in [-0.39, 0.29) is 0 Å². The zero-order valence-corrected chi connectivity index (χ0v) is 11.0. The second kappa shape index (κ2) is 4.67. The monoisotopic (exact) mass is 240 g/mol. The highest BCUT2D eigenvalue weighted by molar-refractivity contribution is 7.09. The van der Waals surface area contributed by atoms with Crippen LogP contribution >= 0.6 is 11.5 Å². The van der Waals surface area contributed by atoms with Crippen molar-refractivity contribution >= 4 is 16.7 Å². The summed E-state index contributed by atoms with van der Waals surface area (Å²) in [6.45, 7) is 4.94. The molecule has 0 bridgehead atoms. The Balaban J connectivity index is 2.09. The van der Waals surface area contributed by atoms with Crippen LogP contribution in [-0.4, -0.2) is 29.0 Å². The van der Waals surface area contributed by atoms with E-state index in [4.69, 9.17) is 5.73 Å². The smallest absolute Gasteiger partial charge is 0.205 e. The molecule has 16 heavy (non-hydrogen) atoms. The largest absolute Gasteiger partial charge is 0.345 e. The van der Waals surface area contributed by atoms with Crippen molar-refractivity contribution in [3.63, 3.8) is 0 Å². The van der Waals surface area contributed by atoms with Crippen LogP contribution in [-0.2, 0) is 0 Å². The number of nitrogens with zero attached hydrogens (tertiary/aromatic N) is 3. The predicted octanol–water partition coefficient (Wildman–Crippen LogP) is 1.84. The molecule has 1 aromatic rings. The number of rotatable bonds is 5. The third-order valence-corrected chi connectivity index (χ3v) is 3.98. The molecule has 1 fully saturated rings. The van der Waals surface area contributed by atoms with Gasteiger partial charge < -0.3 is 10.6 Å². The van der Waals surface area contributed by atoms with Gasteiger partial charge in [0.25, 0.3) is 0 Å². The molecule has 0 aliphatic heterocycles. The third-order valence-electron chi connectivity index (χ3n) is 3.15. The summed E-state index contributed by atoms with van der Waals surface area (Å²) in [6, 6.07) is 0.438. The van der Waals surface area contributed by atoms with Crippen molar-refractivity contribution in [2.24, 2.45) is 11.7 Å². The molecule has 1 aliphatic rings. The minimum absolute atomic E-state index is 0.399. The van der Waals surface area contributed by atoms with Gasteiger partial charge >= 0.3 is 0 Å². The molecule has 1 heterocycles. The summed E-state index contributed by atoms with van der Waals surface area (Å²) in [6.07, 6.45) is 2.62. The first-order valence-electron chi connectivity index (χ1n) is 5.90. The molecule has 0 saturated heterocycles. The molecule has 2 rings (SSSR count). The van der Waals surface area contributed by atoms with Crippen molar-refractivity contribution < 1.29 is 0 Å². The fraction of sp³-hybridized carbons (Fsp3) is 0.818. The molecule has 0 radical (unpaired) electrons. The lowest BCUT2D eigenvalue weighted by Crippen LogP contribution is -2.39. The maximum Gasteiger partial charge on any atom is 0.205 e. The van der Waals surface area contributed by atoms with E-state index in [2.05, 4.69) is 35.2 Å². The van der Waals surface area contributed by atoms with E-state index in [1.807, 2.05) is 0 Å². The molecule has 1 aliphatic carbocycles. The van der Waals surface area contributed by atoms with Gasteiger partial charge in [-0.1, -0.05) is 13.8 Å². The average molecular weight is 240 g/mol. The normalized spacial score (nSPS) is 17.8. The van der Waals surface area contributed by atoms with Gasteiger partial charge in [-0.05, 0) is 18.8 Å². The van der Waals surface area contributed by atoms with Gasteiger partial charge in [0.2, 0.25) is 5.13 Å². The van der Waals surface area contributed by atoms with Gasteiger partial charge in [-0.15, -0.1) is 0 Å². The Kier molecular flexibility index (Phi) is 3.44. The third kappa shape index (κ3) is 2.35. The number of nitrogens with two attached hydrogens (primary N) is 1. The lowest BCUT2D eigenvalue weighted by Gasteiger charge is -2.26. The van der Waals surface area contributed by atoms with Crippen LogP contribution in [0, 0.1) is 5.92 Å². The molecule has 0 aromatic carbocycles. The average Bonchev–Trinajstić information content (AvgIpc) is 2.96. The van der Waals surface area contributed by atoms with E-state index in [0.29, 0.717) is 18.5 Å². The quantitative estimate of drug-likeness (QED) is 0.853. The summed E-state index contributed by atoms with van der Waals surface area (Å²) < 4.78 is 4.38. The van der Waals surface area contributed by atoms with Crippen LogP contribution in [0.3, 0.4) is 0 Å². The molecule has 5 heteroatoms. The molecule has 1 saturated carbocycles. The van der Waals surface area contributed by atoms with E-state index in [1.54, 1.807) is 0 Å². The second-order valence-corrected chi connectivity index (χ2v) is 5.57. The molecule has 90 valence electrons. The lowest BCUT2D eigenvalue weighted by atomic mass is 10.2. The van der Waals surface area contributed by atoms with Gasteiger partial charge in [0.05, 0.1) is 0 Å². The highest BCUT2D eigenvalue weighted by Crippen LogP contribution is 2.36. The summed E-state index contributed by atoms with van der Waals surface area (Å²) in [4.78, 5) is 6.78. The first-order chi connectivity index (χ1) is 7.63. The molecule has 1 atom stereocenters. The Morgan fingerprint density at radius 3 is 2.62 bits per heavy atom. The summed E-state index contributed by atoms with van der Waals surface area (Å²) in [5, 5.41) is 1.01. The van der Waals surface area contributed by atoms with Gasteiger partial charge in [-0.25, -0.2) is 4.98 Å². The SMILES string of the molecule is CC(C)c1nsc(N(C)C(CN)C2CC2)n1. The maximum absolute atomic E-state index is 5.83. The van der Waals surface area contributed by atoms with E-state index in [1.165, 1.54) is 24.4 Å². The topological polar surface area (TPSA) is 55.0 Å². The van der Waals surface area contributed by atoms with Gasteiger partial charge in [0, 0.05) is 37.1 Å². The van der Waals surface area contributed by atoms with E-state index in [0.717, 1.165) is 16.9 Å². The molecule has 4 nitrogen and oxygen atoms in total. The van der Waals surface area contributed by atoms with Crippen molar-refractivity contribution in [3.8, 4) is 0 Å². The van der Waals surface area contributed by atoms with Crippen LogP contribution in [0.2, 0.25) is 0 Å². The van der Waals surface area contributed by atoms with Crippen LogP contribution in [0.25, 0.3) is 0 Å². The minimum Gasteiger partial charge on any atom is -0.345 e. The first-order valence-corrected chi connectivity index (χ1v) is 6.67. The van der Waals surface area contributed by atoms with Crippen molar-refractivity contribution in [1.29, 1.82) is 0 Å². The summed E-state index contributed by atoms with van der Waals surface area (Å²) in [7, 11) is 2.08. The number of anilines is 1. The van der Waals surface area contributed by atoms with Gasteiger partial charge in [0.1, 0.15) is 5.82 Å². The molecule has 0 amide bonds. The molecule has 1 unspecified atom stereocenters. The Hall–Kier alpha value is -0.680. The van der Waals surface area contributed by atoms with Crippen molar-refractivity contribution in [3.05, 3.63) is 5.82 Å². The highest BCUT2D eigenvalue weighted by Gasteiger charge is 2.34. The van der Waals surface area contributed by atoms with Crippen LogP contribution < -0.4 is 10.6 Å². The highest BCUT2D eigenvalue weighted by atomic mass is 32.1. The second-order valence-electron chi connectivity index (χ2n) is 4.84. The number of aromatic nitrogens is 2. The standard InChI is InChI=1S/C11H20N4S/c1-7(2)10-13-11(16-14-10)15(3)9(6-12)8-4-5-8/h7-9H,4-6,12H2,1-3H3. The summed E-state index contributed by atoms with van der Waals surface area (Å²) >= 11 is 1.48. The van der Waals surface area contributed by atoms with Gasteiger partial charge in [-0.3, -0.25) is 0 Å². The Bertz CT molecular complexity index is 346. The molecular formula is C11H20N4S. The van der Waals surface area contributed by atoms with Crippen LogP contribution in [0.15, 0.2) is 0 Å². The molecule has 2 N–H and O–H groups in total. The molecule has 1 aromatic heterocycles. The Morgan fingerprint density at radius 1 is 1.50 bits per heavy atom. The van der Waals surface area contributed by atoms with Crippen LogP contribution in [0.4, 0.5) is 5.13 Å². The van der Waals surface area contributed by atoms with Gasteiger partial charge in [-0.2, -0.15) is 4.37 Å². The number of hydrogen-bond acceptors (Lipinski definition) is 5. The molecular weight excluding hydrogens is 220 g/mol. The van der Waals surface area contributed by atoms with Crippen LogP contribution in [0.5, 0.6) is 0 Å². The number of hydrogen-bond donors (Lipinski definition) is 1. The zero-order chi connectivity index (χ0) is 11.7. The van der Waals surface area contributed by atoms with E-state index < -0.39 is 0 Å². The first kappa shape index (κ1) is 11.8. The van der Waals surface area contributed by atoms with Crippen molar-refractivity contribution in [2.45, 2.75) is 38.6 Å². The van der Waals surface area contributed by atoms with Crippen molar-refractivity contribution in [2.75, 3.05) is 18.5 Å². The summed E-state index contributed by atoms with van der Waals surface area (Å²) in [5.41, 5.74) is 5.83. The minimum atomic E-state index is 0.399. The predicted molar refractivity (Wildman–Crippen MR) is 68.0 cm³/mol. The Morgan fingerprint density at radius 2 is 2.19 bits per heavy atom. The van der Waals surface area contributed by atoms with E-state index >= 15 is 0 Å². The van der Waals surface area contributed by atoms with Gasteiger partial charge in [0.15, 0.2) is 0 Å². The number of likely N-dealkylation sites (N-methyl/N-ethyl adjacent to an activating group) is 1. The fourth-order valence-corrected chi connectivity index (χ4v) is 2.72. The molecule has 0 spiro atoms. The Labute approximate surface area is 101 Å². The fourth-order valence-electron chi connectivity index (χ4n) is 1.89. The summed E-state index contributed by atoms with van der Waals surface area (Å²) in [5.74, 6) is 2.11. The maximum atomic E-state index is 5.83.